The highest BCUT2D eigenvalue weighted by Crippen LogP contribution is 2.03. The van der Waals surface area contributed by atoms with E-state index in [-0.39, 0.29) is 18.2 Å². The molecule has 1 aliphatic heterocycles. The molecule has 1 aliphatic rings. The highest BCUT2D eigenvalue weighted by atomic mass is 16.6. The molecule has 14 heavy (non-hydrogen) atoms. The van der Waals surface area contributed by atoms with Crippen LogP contribution in [0.2, 0.25) is 0 Å². The van der Waals surface area contributed by atoms with E-state index in [0.717, 1.165) is 32.4 Å². The maximum atomic E-state index is 11.3. The van der Waals surface area contributed by atoms with E-state index in [9.17, 15) is 4.79 Å². The fraction of sp³-hybridized carbons (Fsp3) is 0.900. The maximum absolute atomic E-state index is 11.3. The molecule has 1 rings (SSSR count). The van der Waals surface area contributed by atoms with E-state index in [1.165, 1.54) is 0 Å². The van der Waals surface area contributed by atoms with E-state index < -0.39 is 0 Å². The van der Waals surface area contributed by atoms with Crippen LogP contribution in [0.5, 0.6) is 0 Å². The molecule has 4 heteroatoms. The third kappa shape index (κ3) is 3.96. The summed E-state index contributed by atoms with van der Waals surface area (Å²) in [5, 5.41) is 6.13. The molecule has 0 saturated carbocycles. The molecule has 0 aromatic heterocycles. The minimum absolute atomic E-state index is 0.0108. The standard InChI is InChI=1S/C10H20N2O2/c1-3-8(2)14-10(13)12-9-4-6-11-7-5-9/h8-9,11H,3-7H2,1-2H3,(H,12,13). The molecule has 1 unspecified atom stereocenters. The molecule has 1 amide bonds. The number of carbonyl (C=O) groups is 1. The predicted octanol–water partition coefficient (Wildman–Crippen LogP) is 1.26. The van der Waals surface area contributed by atoms with Gasteiger partial charge in [0, 0.05) is 6.04 Å². The van der Waals surface area contributed by atoms with Crippen molar-refractivity contribution in [2.45, 2.75) is 45.3 Å². The van der Waals surface area contributed by atoms with E-state index >= 15 is 0 Å². The molecule has 1 fully saturated rings. The highest BCUT2D eigenvalue weighted by Gasteiger charge is 2.16. The fourth-order valence-electron chi connectivity index (χ4n) is 1.43. The Kier molecular flexibility index (Phi) is 4.73. The van der Waals surface area contributed by atoms with Crippen LogP contribution in [0.4, 0.5) is 4.79 Å². The van der Waals surface area contributed by atoms with Gasteiger partial charge in [0.15, 0.2) is 0 Å². The van der Waals surface area contributed by atoms with Gasteiger partial charge in [-0.3, -0.25) is 0 Å². The van der Waals surface area contributed by atoms with Gasteiger partial charge in [0.2, 0.25) is 0 Å². The summed E-state index contributed by atoms with van der Waals surface area (Å²) in [6.07, 6.45) is 2.59. The van der Waals surface area contributed by atoms with E-state index in [1.54, 1.807) is 0 Å². The lowest BCUT2D eigenvalue weighted by atomic mass is 10.1. The second kappa shape index (κ2) is 5.86. The fourth-order valence-corrected chi connectivity index (χ4v) is 1.43. The second-order valence-corrected chi connectivity index (χ2v) is 3.79. The summed E-state index contributed by atoms with van der Waals surface area (Å²) in [5.41, 5.74) is 0. The van der Waals surface area contributed by atoms with Crippen molar-refractivity contribution in [3.63, 3.8) is 0 Å². The zero-order valence-electron chi connectivity index (χ0n) is 9.01. The molecule has 0 aromatic rings. The number of alkyl carbamates (subject to hydrolysis) is 1. The van der Waals surface area contributed by atoms with Crippen molar-refractivity contribution >= 4 is 6.09 Å². The first-order valence-electron chi connectivity index (χ1n) is 5.40. The summed E-state index contributed by atoms with van der Waals surface area (Å²) in [5.74, 6) is 0. The van der Waals surface area contributed by atoms with Gasteiger partial charge in [-0.2, -0.15) is 0 Å². The van der Waals surface area contributed by atoms with E-state index in [4.69, 9.17) is 4.74 Å². The Balaban J connectivity index is 2.18. The summed E-state index contributed by atoms with van der Waals surface area (Å²) in [6.45, 7) is 5.87. The quantitative estimate of drug-likeness (QED) is 0.721. The lowest BCUT2D eigenvalue weighted by molar-refractivity contribution is 0.100. The van der Waals surface area contributed by atoms with Crippen molar-refractivity contribution in [3.8, 4) is 0 Å². The SMILES string of the molecule is CCC(C)OC(=O)NC1CCNCC1. The van der Waals surface area contributed by atoms with Gasteiger partial charge in [0.25, 0.3) is 0 Å². The van der Waals surface area contributed by atoms with Gasteiger partial charge in [-0.15, -0.1) is 0 Å². The van der Waals surface area contributed by atoms with Gasteiger partial charge in [0.1, 0.15) is 6.10 Å². The van der Waals surface area contributed by atoms with Crippen LogP contribution >= 0.6 is 0 Å². The van der Waals surface area contributed by atoms with Crippen molar-refractivity contribution in [1.82, 2.24) is 10.6 Å². The number of ether oxygens (including phenoxy) is 1. The monoisotopic (exact) mass is 200 g/mol. The Hall–Kier alpha value is -0.770. The van der Waals surface area contributed by atoms with Crippen LogP contribution in [0, 0.1) is 0 Å². The molecule has 1 heterocycles. The number of hydrogen-bond donors (Lipinski definition) is 2. The smallest absolute Gasteiger partial charge is 0.407 e. The number of amides is 1. The minimum atomic E-state index is -0.272. The van der Waals surface area contributed by atoms with Crippen molar-refractivity contribution in [2.24, 2.45) is 0 Å². The van der Waals surface area contributed by atoms with E-state index in [0.29, 0.717) is 0 Å². The molecular formula is C10H20N2O2. The first kappa shape index (κ1) is 11.3. The number of rotatable bonds is 3. The molecule has 2 N–H and O–H groups in total. The van der Waals surface area contributed by atoms with Gasteiger partial charge in [-0.1, -0.05) is 6.92 Å². The summed E-state index contributed by atoms with van der Waals surface area (Å²) >= 11 is 0. The summed E-state index contributed by atoms with van der Waals surface area (Å²) in [7, 11) is 0. The summed E-state index contributed by atoms with van der Waals surface area (Å²) in [6, 6.07) is 0.285. The van der Waals surface area contributed by atoms with Gasteiger partial charge >= 0.3 is 6.09 Å². The third-order valence-electron chi connectivity index (χ3n) is 2.54. The number of nitrogens with one attached hydrogen (secondary N) is 2. The summed E-state index contributed by atoms with van der Waals surface area (Å²) in [4.78, 5) is 11.3. The van der Waals surface area contributed by atoms with Gasteiger partial charge in [-0.25, -0.2) is 4.79 Å². The molecule has 1 atom stereocenters. The summed E-state index contributed by atoms with van der Waals surface area (Å²) < 4.78 is 5.13. The Morgan fingerprint density at radius 3 is 2.79 bits per heavy atom. The average molecular weight is 200 g/mol. The van der Waals surface area contributed by atoms with Crippen molar-refractivity contribution < 1.29 is 9.53 Å². The van der Waals surface area contributed by atoms with Crippen LogP contribution in [0.1, 0.15) is 33.1 Å². The molecule has 4 nitrogen and oxygen atoms in total. The van der Waals surface area contributed by atoms with Crippen LogP contribution in [-0.4, -0.2) is 31.3 Å². The zero-order chi connectivity index (χ0) is 10.4. The Morgan fingerprint density at radius 1 is 1.57 bits per heavy atom. The molecule has 0 spiro atoms. The largest absolute Gasteiger partial charge is 0.447 e. The van der Waals surface area contributed by atoms with Crippen LogP contribution in [0.15, 0.2) is 0 Å². The van der Waals surface area contributed by atoms with Crippen molar-refractivity contribution in [3.05, 3.63) is 0 Å². The Bertz CT molecular complexity index is 179. The third-order valence-corrected chi connectivity index (χ3v) is 2.54. The highest BCUT2D eigenvalue weighted by molar-refractivity contribution is 5.67. The molecule has 0 bridgehead atoms. The van der Waals surface area contributed by atoms with Gasteiger partial charge in [0.05, 0.1) is 0 Å². The lowest BCUT2D eigenvalue weighted by Crippen LogP contribution is -2.43. The molecule has 1 saturated heterocycles. The maximum Gasteiger partial charge on any atom is 0.407 e. The predicted molar refractivity (Wildman–Crippen MR) is 55.3 cm³/mol. The van der Waals surface area contributed by atoms with E-state index in [1.807, 2.05) is 13.8 Å². The minimum Gasteiger partial charge on any atom is -0.447 e. The molecular weight excluding hydrogens is 180 g/mol. The van der Waals surface area contributed by atoms with Gasteiger partial charge in [-0.05, 0) is 39.3 Å². The molecule has 0 aliphatic carbocycles. The van der Waals surface area contributed by atoms with Crippen molar-refractivity contribution in [2.75, 3.05) is 13.1 Å². The lowest BCUT2D eigenvalue weighted by Gasteiger charge is -2.24. The zero-order valence-corrected chi connectivity index (χ0v) is 9.01. The first-order chi connectivity index (χ1) is 6.72. The first-order valence-corrected chi connectivity index (χ1v) is 5.40. The molecule has 0 aromatic carbocycles. The Labute approximate surface area is 85.4 Å². The topological polar surface area (TPSA) is 50.4 Å². The second-order valence-electron chi connectivity index (χ2n) is 3.79. The van der Waals surface area contributed by atoms with Crippen molar-refractivity contribution in [1.29, 1.82) is 0 Å². The number of carbonyl (C=O) groups excluding carboxylic acids is 1. The normalized spacial score (nSPS) is 20.1. The molecule has 82 valence electrons. The van der Waals surface area contributed by atoms with Gasteiger partial charge < -0.3 is 15.4 Å². The van der Waals surface area contributed by atoms with E-state index in [2.05, 4.69) is 10.6 Å². The number of hydrogen-bond acceptors (Lipinski definition) is 3. The van der Waals surface area contributed by atoms with Crippen LogP contribution in [-0.2, 0) is 4.74 Å². The average Bonchev–Trinajstić information content (AvgIpc) is 2.19. The van der Waals surface area contributed by atoms with Crippen LogP contribution in [0.25, 0.3) is 0 Å². The number of piperidine rings is 1. The Morgan fingerprint density at radius 2 is 2.21 bits per heavy atom. The molecule has 0 radical (unpaired) electrons. The van der Waals surface area contributed by atoms with Crippen LogP contribution < -0.4 is 10.6 Å². The van der Waals surface area contributed by atoms with Crippen LogP contribution in [0.3, 0.4) is 0 Å².